The molecule has 0 aliphatic heterocycles. The van der Waals surface area contributed by atoms with Crippen LogP contribution in [0.15, 0.2) is 48.5 Å². The molecule has 3 rings (SSSR count). The summed E-state index contributed by atoms with van der Waals surface area (Å²) in [4.78, 5) is 12.5. The third kappa shape index (κ3) is 2.58. The third-order valence-electron chi connectivity index (χ3n) is 4.45. The minimum Gasteiger partial charge on any atom is -0.426 e. The fourth-order valence-electron chi connectivity index (χ4n) is 3.14. The zero-order valence-corrected chi connectivity index (χ0v) is 12.7. The lowest BCUT2D eigenvalue weighted by Gasteiger charge is -2.10. The number of aryl methyl sites for hydroxylation is 2. The van der Waals surface area contributed by atoms with Gasteiger partial charge in [0.1, 0.15) is 5.75 Å². The second-order valence-corrected chi connectivity index (χ2v) is 5.96. The highest BCUT2D eigenvalue weighted by atomic mass is 16.5. The first-order valence-corrected chi connectivity index (χ1v) is 7.42. The minimum absolute atomic E-state index is 0.0218. The Morgan fingerprint density at radius 2 is 1.57 bits per heavy atom. The van der Waals surface area contributed by atoms with Crippen LogP contribution in [0.5, 0.6) is 5.75 Å². The van der Waals surface area contributed by atoms with Gasteiger partial charge in [-0.05, 0) is 36.5 Å². The van der Waals surface area contributed by atoms with E-state index in [0.29, 0.717) is 17.6 Å². The van der Waals surface area contributed by atoms with Crippen molar-refractivity contribution < 1.29 is 9.53 Å². The summed E-state index contributed by atoms with van der Waals surface area (Å²) in [6, 6.07) is 16.2. The van der Waals surface area contributed by atoms with E-state index in [4.69, 9.17) is 4.74 Å². The smallest absolute Gasteiger partial charge is 0.315 e. The van der Waals surface area contributed by atoms with Crippen LogP contribution in [0.2, 0.25) is 0 Å². The zero-order chi connectivity index (χ0) is 15.0. The molecule has 2 aromatic carbocycles. The molecule has 0 spiro atoms. The van der Waals surface area contributed by atoms with E-state index in [-0.39, 0.29) is 11.9 Å². The van der Waals surface area contributed by atoms with Crippen LogP contribution in [0, 0.1) is 25.7 Å². The quantitative estimate of drug-likeness (QED) is 0.620. The lowest BCUT2D eigenvalue weighted by Crippen LogP contribution is -2.13. The monoisotopic (exact) mass is 280 g/mol. The van der Waals surface area contributed by atoms with E-state index in [1.807, 2.05) is 50.2 Å². The molecule has 0 saturated heterocycles. The molecule has 0 unspecified atom stereocenters. The number of para-hydroxylation sites is 1. The average Bonchev–Trinajstić information content (AvgIpc) is 3.15. The molecular weight excluding hydrogens is 260 g/mol. The molecular formula is C19H20O2. The van der Waals surface area contributed by atoms with Gasteiger partial charge in [-0.25, -0.2) is 0 Å². The van der Waals surface area contributed by atoms with Gasteiger partial charge in [0.2, 0.25) is 0 Å². The number of carbonyl (C=O) groups excluding carboxylic acids is 1. The lowest BCUT2D eigenvalue weighted by atomic mass is 10.1. The number of carbonyl (C=O) groups is 1. The van der Waals surface area contributed by atoms with Gasteiger partial charge < -0.3 is 4.74 Å². The minimum atomic E-state index is -0.103. The largest absolute Gasteiger partial charge is 0.426 e. The van der Waals surface area contributed by atoms with Crippen LogP contribution in [0.1, 0.15) is 29.5 Å². The second kappa shape index (κ2) is 5.36. The van der Waals surface area contributed by atoms with E-state index in [1.165, 1.54) is 5.56 Å². The summed E-state index contributed by atoms with van der Waals surface area (Å²) in [7, 11) is 0. The van der Waals surface area contributed by atoms with Crippen LogP contribution in [0.4, 0.5) is 0 Å². The van der Waals surface area contributed by atoms with Crippen LogP contribution in [-0.4, -0.2) is 5.97 Å². The molecule has 3 atom stereocenters. The van der Waals surface area contributed by atoms with Gasteiger partial charge in [-0.15, -0.1) is 0 Å². The van der Waals surface area contributed by atoms with Gasteiger partial charge in [0, 0.05) is 5.92 Å². The van der Waals surface area contributed by atoms with Crippen molar-refractivity contribution >= 4 is 5.97 Å². The van der Waals surface area contributed by atoms with Crippen molar-refractivity contribution in [1.82, 2.24) is 0 Å². The van der Waals surface area contributed by atoms with E-state index in [9.17, 15) is 4.79 Å². The Hall–Kier alpha value is -2.09. The number of esters is 1. The van der Waals surface area contributed by atoms with Gasteiger partial charge in [-0.1, -0.05) is 55.5 Å². The van der Waals surface area contributed by atoms with Crippen LogP contribution in [0.3, 0.4) is 0 Å². The molecule has 21 heavy (non-hydrogen) atoms. The van der Waals surface area contributed by atoms with E-state index in [1.54, 1.807) is 0 Å². The maximum atomic E-state index is 12.5. The van der Waals surface area contributed by atoms with Crippen LogP contribution in [-0.2, 0) is 4.79 Å². The van der Waals surface area contributed by atoms with Crippen LogP contribution < -0.4 is 4.74 Å². The highest BCUT2D eigenvalue weighted by molar-refractivity contribution is 5.81. The van der Waals surface area contributed by atoms with E-state index in [2.05, 4.69) is 19.1 Å². The first kappa shape index (κ1) is 13.9. The first-order valence-electron chi connectivity index (χ1n) is 7.42. The van der Waals surface area contributed by atoms with Gasteiger partial charge >= 0.3 is 5.97 Å². The van der Waals surface area contributed by atoms with Crippen LogP contribution >= 0.6 is 0 Å². The molecule has 0 bridgehead atoms. The fraction of sp³-hybridized carbons (Fsp3) is 0.316. The molecule has 1 fully saturated rings. The molecule has 1 saturated carbocycles. The Morgan fingerprint density at radius 1 is 0.952 bits per heavy atom. The normalized spacial score (nSPS) is 23.7. The standard InChI is InChI=1S/C19H20O2/c1-12-8-7-9-13(2)18(12)21-19(20)17-14(3)16(17)15-10-5-4-6-11-15/h4-11,14,16-17H,1-3H3/t14-,16-,17-/m0/s1. The molecule has 2 nitrogen and oxygen atoms in total. The SMILES string of the molecule is Cc1cccc(C)c1OC(=O)[C@H]1[C@@H](C)[C@H]1c1ccccc1. The molecule has 0 aromatic heterocycles. The summed E-state index contributed by atoms with van der Waals surface area (Å²) < 4.78 is 5.68. The van der Waals surface area contributed by atoms with E-state index >= 15 is 0 Å². The number of rotatable bonds is 3. The predicted octanol–water partition coefficient (Wildman–Crippen LogP) is 4.26. The Bertz CT molecular complexity index is 640. The Balaban J connectivity index is 1.76. The highest BCUT2D eigenvalue weighted by Gasteiger charge is 2.53. The van der Waals surface area contributed by atoms with Crippen molar-refractivity contribution in [3.8, 4) is 5.75 Å². The summed E-state index contributed by atoms with van der Waals surface area (Å²) in [5, 5.41) is 0. The molecule has 2 heteroatoms. The first-order chi connectivity index (χ1) is 10.1. The third-order valence-corrected chi connectivity index (χ3v) is 4.45. The Labute approximate surface area is 125 Å². The number of hydrogen-bond acceptors (Lipinski definition) is 2. The van der Waals surface area contributed by atoms with Crippen molar-refractivity contribution in [2.75, 3.05) is 0 Å². The number of ether oxygens (including phenoxy) is 1. The molecule has 0 heterocycles. The summed E-state index contributed by atoms with van der Waals surface area (Å²) in [6.45, 7) is 6.07. The summed E-state index contributed by atoms with van der Waals surface area (Å²) >= 11 is 0. The zero-order valence-electron chi connectivity index (χ0n) is 12.7. The van der Waals surface area contributed by atoms with Gasteiger partial charge in [0.15, 0.2) is 0 Å². The van der Waals surface area contributed by atoms with E-state index in [0.717, 1.165) is 11.1 Å². The van der Waals surface area contributed by atoms with Gasteiger partial charge in [-0.2, -0.15) is 0 Å². The topological polar surface area (TPSA) is 26.3 Å². The summed E-state index contributed by atoms with van der Waals surface area (Å²) in [5.41, 5.74) is 3.24. The second-order valence-electron chi connectivity index (χ2n) is 5.96. The Kier molecular flexibility index (Phi) is 3.54. The highest BCUT2D eigenvalue weighted by Crippen LogP contribution is 2.54. The van der Waals surface area contributed by atoms with E-state index < -0.39 is 0 Å². The lowest BCUT2D eigenvalue weighted by molar-refractivity contribution is -0.136. The maximum Gasteiger partial charge on any atom is 0.315 e. The molecule has 0 amide bonds. The van der Waals surface area contributed by atoms with Gasteiger partial charge in [0.05, 0.1) is 5.92 Å². The molecule has 108 valence electrons. The van der Waals surface area contributed by atoms with Crippen molar-refractivity contribution in [3.05, 3.63) is 65.2 Å². The Morgan fingerprint density at radius 3 is 2.19 bits per heavy atom. The van der Waals surface area contributed by atoms with Crippen molar-refractivity contribution in [2.24, 2.45) is 11.8 Å². The van der Waals surface area contributed by atoms with Gasteiger partial charge in [-0.3, -0.25) is 4.79 Å². The molecule has 2 aromatic rings. The molecule has 0 N–H and O–H groups in total. The number of benzene rings is 2. The summed E-state index contributed by atoms with van der Waals surface area (Å²) in [5.74, 6) is 1.24. The van der Waals surface area contributed by atoms with Crippen LogP contribution in [0.25, 0.3) is 0 Å². The van der Waals surface area contributed by atoms with Crippen molar-refractivity contribution in [2.45, 2.75) is 26.7 Å². The molecule has 1 aliphatic carbocycles. The fourth-order valence-corrected chi connectivity index (χ4v) is 3.14. The molecule has 1 aliphatic rings. The maximum absolute atomic E-state index is 12.5. The molecule has 0 radical (unpaired) electrons. The van der Waals surface area contributed by atoms with Crippen molar-refractivity contribution in [1.29, 1.82) is 0 Å². The predicted molar refractivity (Wildman–Crippen MR) is 83.4 cm³/mol. The number of hydrogen-bond donors (Lipinski definition) is 0. The summed E-state index contributed by atoms with van der Waals surface area (Å²) in [6.07, 6.45) is 0. The van der Waals surface area contributed by atoms with Crippen molar-refractivity contribution in [3.63, 3.8) is 0 Å². The average molecular weight is 280 g/mol. The van der Waals surface area contributed by atoms with Gasteiger partial charge in [0.25, 0.3) is 0 Å².